The van der Waals surface area contributed by atoms with Crippen LogP contribution in [0.25, 0.3) is 0 Å². The molecule has 168 valence electrons. The Morgan fingerprint density at radius 3 is 2.06 bits per heavy atom. The molecular weight excluding hydrogens is 454 g/mol. The van der Waals surface area contributed by atoms with Crippen LogP contribution in [0.4, 0.5) is 14.5 Å². The Hall–Kier alpha value is -2.91. The quantitative estimate of drug-likeness (QED) is 0.368. The molecule has 9 heteroatoms. The zero-order chi connectivity index (χ0) is 23.1. The van der Waals surface area contributed by atoms with Crippen molar-refractivity contribution in [3.8, 4) is 0 Å². The number of carbonyl (C=O) groups excluding carboxylic acids is 1. The summed E-state index contributed by atoms with van der Waals surface area (Å²) in [6, 6.07) is 17.1. The van der Waals surface area contributed by atoms with Gasteiger partial charge in [-0.2, -0.15) is 0 Å². The summed E-state index contributed by atoms with van der Waals surface area (Å²) in [5, 5.41) is 2.71. The highest BCUT2D eigenvalue weighted by Gasteiger charge is 2.27. The highest BCUT2D eigenvalue weighted by molar-refractivity contribution is 7.99. The van der Waals surface area contributed by atoms with E-state index in [1.165, 1.54) is 12.1 Å². The van der Waals surface area contributed by atoms with E-state index in [2.05, 4.69) is 5.32 Å². The van der Waals surface area contributed by atoms with E-state index in [0.29, 0.717) is 12.3 Å². The molecule has 5 nitrogen and oxygen atoms in total. The number of amides is 1. The molecule has 0 atom stereocenters. The predicted octanol–water partition coefficient (Wildman–Crippen LogP) is 4.38. The molecular formula is C23H22F2N2O3S2. The molecule has 0 fully saturated rings. The van der Waals surface area contributed by atoms with E-state index < -0.39 is 34.1 Å². The lowest BCUT2D eigenvalue weighted by Gasteiger charge is -2.24. The average Bonchev–Trinajstić information content (AvgIpc) is 2.77. The van der Waals surface area contributed by atoms with Crippen molar-refractivity contribution in [2.24, 2.45) is 0 Å². The van der Waals surface area contributed by atoms with Gasteiger partial charge in [0.15, 0.2) is 0 Å². The second-order valence-electron chi connectivity index (χ2n) is 6.95. The van der Waals surface area contributed by atoms with Crippen molar-refractivity contribution in [1.82, 2.24) is 5.32 Å². The molecule has 1 amide bonds. The lowest BCUT2D eigenvalue weighted by atomic mass is 10.2. The molecule has 0 spiro atoms. The number of sulfonamides is 1. The van der Waals surface area contributed by atoms with Crippen LogP contribution >= 0.6 is 11.8 Å². The number of hydrogen-bond acceptors (Lipinski definition) is 4. The van der Waals surface area contributed by atoms with Gasteiger partial charge in [-0.25, -0.2) is 17.2 Å². The largest absolute Gasteiger partial charge is 0.354 e. The van der Waals surface area contributed by atoms with Gasteiger partial charge in [-0.15, -0.1) is 11.8 Å². The third-order valence-electron chi connectivity index (χ3n) is 4.52. The van der Waals surface area contributed by atoms with Crippen molar-refractivity contribution in [2.75, 3.05) is 23.1 Å². The highest BCUT2D eigenvalue weighted by atomic mass is 32.2. The Bertz CT molecular complexity index is 1150. The van der Waals surface area contributed by atoms with Gasteiger partial charge in [0.05, 0.1) is 10.6 Å². The molecule has 3 rings (SSSR count). The zero-order valence-corrected chi connectivity index (χ0v) is 18.9. The normalized spacial score (nSPS) is 11.2. The average molecular weight is 477 g/mol. The van der Waals surface area contributed by atoms with E-state index in [1.807, 2.05) is 31.2 Å². The molecule has 0 heterocycles. The lowest BCUT2D eigenvalue weighted by molar-refractivity contribution is -0.119. The fraction of sp³-hybridized carbons (Fsp3) is 0.174. The summed E-state index contributed by atoms with van der Waals surface area (Å²) < 4.78 is 53.7. The van der Waals surface area contributed by atoms with Crippen molar-refractivity contribution in [2.45, 2.75) is 16.7 Å². The molecule has 0 aliphatic rings. The number of benzene rings is 3. The number of carbonyl (C=O) groups is 1. The Labute approximate surface area is 190 Å². The van der Waals surface area contributed by atoms with Crippen LogP contribution in [-0.2, 0) is 14.8 Å². The van der Waals surface area contributed by atoms with E-state index in [1.54, 1.807) is 11.8 Å². The van der Waals surface area contributed by atoms with Crippen molar-refractivity contribution in [1.29, 1.82) is 0 Å². The van der Waals surface area contributed by atoms with Crippen molar-refractivity contribution >= 4 is 33.4 Å². The van der Waals surface area contributed by atoms with Crippen LogP contribution in [0.1, 0.15) is 5.56 Å². The molecule has 1 N–H and O–H groups in total. The second-order valence-corrected chi connectivity index (χ2v) is 9.98. The Balaban J connectivity index is 1.69. The van der Waals surface area contributed by atoms with E-state index in [9.17, 15) is 22.0 Å². The van der Waals surface area contributed by atoms with Gasteiger partial charge in [-0.05, 0) is 67.6 Å². The Morgan fingerprint density at radius 2 is 1.47 bits per heavy atom. The van der Waals surface area contributed by atoms with E-state index >= 15 is 0 Å². The number of anilines is 1. The third kappa shape index (κ3) is 6.30. The molecule has 0 radical (unpaired) electrons. The van der Waals surface area contributed by atoms with E-state index in [4.69, 9.17) is 0 Å². The number of thioether (sulfide) groups is 1. The molecule has 0 saturated carbocycles. The summed E-state index contributed by atoms with van der Waals surface area (Å²) in [6.07, 6.45) is 0. The number of halogens is 2. The Morgan fingerprint density at radius 1 is 0.906 bits per heavy atom. The topological polar surface area (TPSA) is 66.5 Å². The van der Waals surface area contributed by atoms with Gasteiger partial charge in [0.25, 0.3) is 10.0 Å². The number of rotatable bonds is 9. The molecule has 0 bridgehead atoms. The van der Waals surface area contributed by atoms with Gasteiger partial charge in [0.1, 0.15) is 18.2 Å². The highest BCUT2D eigenvalue weighted by Crippen LogP contribution is 2.24. The van der Waals surface area contributed by atoms with Crippen LogP contribution < -0.4 is 9.62 Å². The molecule has 3 aromatic rings. The minimum Gasteiger partial charge on any atom is -0.354 e. The van der Waals surface area contributed by atoms with Crippen LogP contribution in [0, 0.1) is 18.6 Å². The molecule has 3 aromatic carbocycles. The SMILES string of the molecule is Cc1ccc(SCCNC(=O)CN(c2ccc(F)cc2)S(=O)(=O)c2ccc(F)cc2)cc1. The zero-order valence-electron chi connectivity index (χ0n) is 17.3. The van der Waals surface area contributed by atoms with Gasteiger partial charge >= 0.3 is 0 Å². The summed E-state index contributed by atoms with van der Waals surface area (Å²) in [5.41, 5.74) is 1.28. The van der Waals surface area contributed by atoms with Gasteiger partial charge < -0.3 is 5.32 Å². The van der Waals surface area contributed by atoms with Gasteiger partial charge in [0.2, 0.25) is 5.91 Å². The summed E-state index contributed by atoms with van der Waals surface area (Å²) in [4.78, 5) is 13.4. The lowest BCUT2D eigenvalue weighted by Crippen LogP contribution is -2.41. The molecule has 0 aromatic heterocycles. The number of nitrogens with zero attached hydrogens (tertiary/aromatic N) is 1. The van der Waals surface area contributed by atoms with Crippen LogP contribution in [0.15, 0.2) is 82.6 Å². The second kappa shape index (κ2) is 10.6. The smallest absolute Gasteiger partial charge is 0.264 e. The summed E-state index contributed by atoms with van der Waals surface area (Å²) >= 11 is 1.57. The predicted molar refractivity (Wildman–Crippen MR) is 122 cm³/mol. The van der Waals surface area contributed by atoms with Crippen LogP contribution in [0.2, 0.25) is 0 Å². The minimum absolute atomic E-state index is 0.125. The Kier molecular flexibility index (Phi) is 7.87. The first kappa shape index (κ1) is 23.7. The third-order valence-corrected chi connectivity index (χ3v) is 7.32. The summed E-state index contributed by atoms with van der Waals surface area (Å²) in [7, 11) is -4.18. The van der Waals surface area contributed by atoms with Gasteiger partial charge in [-0.1, -0.05) is 17.7 Å². The molecule has 0 unspecified atom stereocenters. The summed E-state index contributed by atoms with van der Waals surface area (Å²) in [6.45, 7) is 1.84. The van der Waals surface area contributed by atoms with Crippen molar-refractivity contribution < 1.29 is 22.0 Å². The maximum absolute atomic E-state index is 13.4. The van der Waals surface area contributed by atoms with Crippen LogP contribution in [0.5, 0.6) is 0 Å². The first-order valence-electron chi connectivity index (χ1n) is 9.76. The fourth-order valence-electron chi connectivity index (χ4n) is 2.84. The minimum atomic E-state index is -4.18. The number of nitrogens with one attached hydrogen (secondary N) is 1. The molecule has 0 aliphatic heterocycles. The maximum atomic E-state index is 13.4. The van der Waals surface area contributed by atoms with E-state index in [-0.39, 0.29) is 10.6 Å². The standard InChI is InChI=1S/C23H22F2N2O3S2/c1-17-2-10-21(11-3-17)31-15-14-26-23(28)16-27(20-8-4-18(24)5-9-20)32(29,30)22-12-6-19(25)7-13-22/h2-13H,14-16H2,1H3,(H,26,28). The summed E-state index contributed by atoms with van der Waals surface area (Å²) in [5.74, 6) is -1.02. The van der Waals surface area contributed by atoms with Crippen molar-refractivity contribution in [3.05, 3.63) is 90.0 Å². The monoisotopic (exact) mass is 476 g/mol. The fourth-order valence-corrected chi connectivity index (χ4v) is 5.03. The number of aryl methyl sites for hydroxylation is 1. The molecule has 32 heavy (non-hydrogen) atoms. The first-order valence-corrected chi connectivity index (χ1v) is 12.2. The number of hydrogen-bond donors (Lipinski definition) is 1. The molecule has 0 saturated heterocycles. The molecule has 0 aliphatic carbocycles. The van der Waals surface area contributed by atoms with Crippen molar-refractivity contribution in [3.63, 3.8) is 0 Å². The van der Waals surface area contributed by atoms with E-state index in [0.717, 1.165) is 51.2 Å². The van der Waals surface area contributed by atoms with Gasteiger partial charge in [0, 0.05) is 17.2 Å². The van der Waals surface area contributed by atoms with Crippen LogP contribution in [-0.4, -0.2) is 33.2 Å². The van der Waals surface area contributed by atoms with Crippen LogP contribution in [0.3, 0.4) is 0 Å². The maximum Gasteiger partial charge on any atom is 0.264 e. The first-order chi connectivity index (χ1) is 15.3. The van der Waals surface area contributed by atoms with Gasteiger partial charge in [-0.3, -0.25) is 9.10 Å².